The normalized spacial score (nSPS) is 12.9. The third-order valence-electron chi connectivity index (χ3n) is 2.55. The largest absolute Gasteiger partial charge is 0.364 e. The molecule has 0 spiro atoms. The average molecular weight is 235 g/mol. The van der Waals surface area contributed by atoms with Crippen LogP contribution in [0.4, 0.5) is 0 Å². The number of aromatic nitrogens is 2. The van der Waals surface area contributed by atoms with Crippen LogP contribution in [0.15, 0.2) is 24.5 Å². The lowest BCUT2D eigenvalue weighted by Crippen LogP contribution is -2.17. The fraction of sp³-hybridized carbons (Fsp3) is 0.417. The summed E-state index contributed by atoms with van der Waals surface area (Å²) in [7, 11) is 0. The van der Waals surface area contributed by atoms with Gasteiger partial charge in [0.1, 0.15) is 5.01 Å². The lowest BCUT2D eigenvalue weighted by Gasteiger charge is -2.09. The molecule has 0 saturated heterocycles. The Morgan fingerprint density at radius 3 is 3.06 bits per heavy atom. The number of aromatic amines is 1. The maximum absolute atomic E-state index is 4.43. The summed E-state index contributed by atoms with van der Waals surface area (Å²) in [5.74, 6) is 0. The maximum atomic E-state index is 4.43. The van der Waals surface area contributed by atoms with E-state index in [9.17, 15) is 0 Å². The van der Waals surface area contributed by atoms with Crippen LogP contribution in [0.25, 0.3) is 0 Å². The molecule has 0 amide bonds. The zero-order chi connectivity index (χ0) is 11.4. The molecule has 0 saturated carbocycles. The fourth-order valence-corrected chi connectivity index (χ4v) is 2.40. The summed E-state index contributed by atoms with van der Waals surface area (Å²) in [6.07, 6.45) is 4.99. The van der Waals surface area contributed by atoms with Crippen molar-refractivity contribution in [1.82, 2.24) is 15.3 Å². The standard InChI is InChI=1S/C12H17N3S/c1-3-11-8-15-12(16-11)9(2)14-7-10-5-4-6-13-10/h4-6,8-9,13-14H,3,7H2,1-2H3. The number of hydrogen-bond donors (Lipinski definition) is 2. The molecule has 0 bridgehead atoms. The number of nitrogens with zero attached hydrogens (tertiary/aromatic N) is 1. The molecule has 4 heteroatoms. The van der Waals surface area contributed by atoms with Gasteiger partial charge in [0, 0.05) is 29.5 Å². The molecule has 0 aliphatic carbocycles. The molecule has 1 atom stereocenters. The first-order valence-electron chi connectivity index (χ1n) is 5.60. The van der Waals surface area contributed by atoms with Gasteiger partial charge in [-0.3, -0.25) is 0 Å². The molecule has 0 radical (unpaired) electrons. The minimum Gasteiger partial charge on any atom is -0.364 e. The summed E-state index contributed by atoms with van der Waals surface area (Å²) in [4.78, 5) is 8.96. The molecule has 86 valence electrons. The van der Waals surface area contributed by atoms with Crippen molar-refractivity contribution in [3.05, 3.63) is 40.1 Å². The van der Waals surface area contributed by atoms with Gasteiger partial charge >= 0.3 is 0 Å². The highest BCUT2D eigenvalue weighted by atomic mass is 32.1. The molecule has 1 unspecified atom stereocenters. The molecule has 2 heterocycles. The van der Waals surface area contributed by atoms with Crippen molar-refractivity contribution in [2.75, 3.05) is 0 Å². The van der Waals surface area contributed by atoms with Crippen LogP contribution < -0.4 is 5.32 Å². The first-order chi connectivity index (χ1) is 7.79. The van der Waals surface area contributed by atoms with Crippen molar-refractivity contribution < 1.29 is 0 Å². The first-order valence-corrected chi connectivity index (χ1v) is 6.41. The van der Waals surface area contributed by atoms with E-state index in [0.717, 1.165) is 13.0 Å². The number of H-pyrrole nitrogens is 1. The number of nitrogens with one attached hydrogen (secondary N) is 2. The van der Waals surface area contributed by atoms with Crippen molar-refractivity contribution in [2.45, 2.75) is 32.9 Å². The second-order valence-electron chi connectivity index (χ2n) is 3.82. The van der Waals surface area contributed by atoms with Crippen LogP contribution in [0.2, 0.25) is 0 Å². The number of rotatable bonds is 5. The first kappa shape index (κ1) is 11.4. The van der Waals surface area contributed by atoms with Gasteiger partial charge in [0.05, 0.1) is 6.04 Å². The Labute approximate surface area is 99.9 Å². The van der Waals surface area contributed by atoms with Gasteiger partial charge in [0.25, 0.3) is 0 Å². The summed E-state index contributed by atoms with van der Waals surface area (Å²) in [6, 6.07) is 4.41. The highest BCUT2D eigenvalue weighted by molar-refractivity contribution is 7.11. The van der Waals surface area contributed by atoms with E-state index in [1.807, 2.05) is 18.5 Å². The molecule has 0 aliphatic heterocycles. The van der Waals surface area contributed by atoms with Gasteiger partial charge in [0.15, 0.2) is 0 Å². The summed E-state index contributed by atoms with van der Waals surface area (Å²) in [5.41, 5.74) is 1.21. The van der Waals surface area contributed by atoms with E-state index in [-0.39, 0.29) is 0 Å². The Bertz CT molecular complexity index is 419. The summed E-state index contributed by atoms with van der Waals surface area (Å²) in [5, 5.41) is 4.63. The quantitative estimate of drug-likeness (QED) is 0.836. The number of hydrogen-bond acceptors (Lipinski definition) is 3. The molecule has 2 aromatic rings. The van der Waals surface area contributed by atoms with Crippen molar-refractivity contribution in [2.24, 2.45) is 0 Å². The molecule has 2 rings (SSSR count). The zero-order valence-electron chi connectivity index (χ0n) is 9.66. The topological polar surface area (TPSA) is 40.7 Å². The van der Waals surface area contributed by atoms with Crippen LogP contribution in [0, 0.1) is 0 Å². The van der Waals surface area contributed by atoms with Crippen LogP contribution in [0.3, 0.4) is 0 Å². The predicted molar refractivity (Wildman–Crippen MR) is 67.5 cm³/mol. The molecule has 2 N–H and O–H groups in total. The molecule has 0 aliphatic rings. The van der Waals surface area contributed by atoms with Crippen molar-refractivity contribution >= 4 is 11.3 Å². The van der Waals surface area contributed by atoms with E-state index in [1.165, 1.54) is 15.6 Å². The highest BCUT2D eigenvalue weighted by Gasteiger charge is 2.09. The third-order valence-corrected chi connectivity index (χ3v) is 3.88. The van der Waals surface area contributed by atoms with Crippen molar-refractivity contribution in [3.63, 3.8) is 0 Å². The van der Waals surface area contributed by atoms with Crippen LogP contribution in [-0.2, 0) is 13.0 Å². The second-order valence-corrected chi connectivity index (χ2v) is 4.96. The van der Waals surface area contributed by atoms with E-state index >= 15 is 0 Å². The minimum atomic E-state index is 0.314. The Balaban J connectivity index is 1.90. The van der Waals surface area contributed by atoms with Crippen molar-refractivity contribution in [1.29, 1.82) is 0 Å². The smallest absolute Gasteiger partial charge is 0.109 e. The lowest BCUT2D eigenvalue weighted by atomic mass is 10.3. The SMILES string of the molecule is CCc1cnc(C(C)NCc2ccc[nH]2)s1. The van der Waals surface area contributed by atoms with E-state index in [1.54, 1.807) is 11.3 Å². The van der Waals surface area contributed by atoms with Crippen LogP contribution in [0.5, 0.6) is 0 Å². The minimum absolute atomic E-state index is 0.314. The van der Waals surface area contributed by atoms with Gasteiger partial charge in [-0.25, -0.2) is 4.98 Å². The van der Waals surface area contributed by atoms with Crippen LogP contribution >= 0.6 is 11.3 Å². The maximum Gasteiger partial charge on any atom is 0.109 e. The Morgan fingerprint density at radius 1 is 1.56 bits per heavy atom. The molecule has 0 fully saturated rings. The van der Waals surface area contributed by atoms with E-state index in [2.05, 4.69) is 35.2 Å². The van der Waals surface area contributed by atoms with E-state index in [0.29, 0.717) is 6.04 Å². The molecule has 3 nitrogen and oxygen atoms in total. The highest BCUT2D eigenvalue weighted by Crippen LogP contribution is 2.20. The van der Waals surface area contributed by atoms with Gasteiger partial charge in [0.2, 0.25) is 0 Å². The fourth-order valence-electron chi connectivity index (χ4n) is 1.51. The second kappa shape index (κ2) is 5.27. The monoisotopic (exact) mass is 235 g/mol. The Kier molecular flexibility index (Phi) is 3.74. The molecule has 2 aromatic heterocycles. The lowest BCUT2D eigenvalue weighted by molar-refractivity contribution is 0.566. The third kappa shape index (κ3) is 2.71. The van der Waals surface area contributed by atoms with Crippen LogP contribution in [-0.4, -0.2) is 9.97 Å². The van der Waals surface area contributed by atoms with Gasteiger partial charge in [-0.15, -0.1) is 11.3 Å². The summed E-state index contributed by atoms with van der Waals surface area (Å²) < 4.78 is 0. The van der Waals surface area contributed by atoms with Crippen LogP contribution in [0.1, 0.15) is 35.5 Å². The van der Waals surface area contributed by atoms with Gasteiger partial charge in [-0.05, 0) is 25.5 Å². The number of thiazole rings is 1. The molecular weight excluding hydrogens is 218 g/mol. The number of aryl methyl sites for hydroxylation is 1. The summed E-state index contributed by atoms with van der Waals surface area (Å²) >= 11 is 1.79. The average Bonchev–Trinajstić information content (AvgIpc) is 2.96. The molecule has 16 heavy (non-hydrogen) atoms. The van der Waals surface area contributed by atoms with E-state index in [4.69, 9.17) is 0 Å². The molecular formula is C12H17N3S. The summed E-state index contributed by atoms with van der Waals surface area (Å²) in [6.45, 7) is 5.17. The zero-order valence-corrected chi connectivity index (χ0v) is 10.5. The Hall–Kier alpha value is -1.13. The van der Waals surface area contributed by atoms with Gasteiger partial charge < -0.3 is 10.3 Å². The predicted octanol–water partition coefficient (Wildman–Crippen LogP) is 2.88. The van der Waals surface area contributed by atoms with Gasteiger partial charge in [-0.2, -0.15) is 0 Å². The van der Waals surface area contributed by atoms with Gasteiger partial charge in [-0.1, -0.05) is 6.92 Å². The van der Waals surface area contributed by atoms with E-state index < -0.39 is 0 Å². The Morgan fingerprint density at radius 2 is 2.44 bits per heavy atom. The van der Waals surface area contributed by atoms with Crippen molar-refractivity contribution in [3.8, 4) is 0 Å². The molecule has 0 aromatic carbocycles.